The van der Waals surface area contributed by atoms with Crippen LogP contribution in [0.1, 0.15) is 67.3 Å². The summed E-state index contributed by atoms with van der Waals surface area (Å²) in [5.41, 5.74) is 3.35. The first-order chi connectivity index (χ1) is 12.1. The second-order valence-electron chi connectivity index (χ2n) is 8.25. The largest absolute Gasteiger partial charge is 0.302 e. The molecule has 2 fully saturated rings. The zero-order valence-corrected chi connectivity index (χ0v) is 15.4. The number of fused-ring (bicyclic) bond motifs is 2. The van der Waals surface area contributed by atoms with E-state index in [0.717, 1.165) is 30.8 Å². The average Bonchev–Trinajstić information content (AvgIpc) is 2.61. The SMILES string of the molecule is CN(CCCC1CC2CCCC(C2)C1)Cc1ccc(C(=O)NO)cc1. The third kappa shape index (κ3) is 5.29. The normalized spacial score (nSPS) is 25.8. The first kappa shape index (κ1) is 18.4. The maximum atomic E-state index is 11.3. The van der Waals surface area contributed by atoms with Crippen LogP contribution in [0.5, 0.6) is 0 Å². The fraction of sp³-hybridized carbons (Fsp3) is 0.667. The molecule has 2 saturated carbocycles. The highest BCUT2D eigenvalue weighted by atomic mass is 16.5. The molecule has 1 aromatic rings. The Morgan fingerprint density at radius 3 is 2.48 bits per heavy atom. The zero-order chi connectivity index (χ0) is 17.6. The van der Waals surface area contributed by atoms with Gasteiger partial charge in [-0.25, -0.2) is 5.48 Å². The van der Waals surface area contributed by atoms with Gasteiger partial charge in [-0.1, -0.05) is 31.4 Å². The predicted molar refractivity (Wildman–Crippen MR) is 99.4 cm³/mol. The molecule has 0 spiro atoms. The summed E-state index contributed by atoms with van der Waals surface area (Å²) >= 11 is 0. The van der Waals surface area contributed by atoms with Gasteiger partial charge < -0.3 is 4.90 Å². The standard InChI is InChI=1S/C21H32N2O2/c1-23(15-16-7-9-20(10-8-16)21(24)22-25)11-3-6-19-13-17-4-2-5-18(12-17)14-19/h7-10,17-19,25H,2-6,11-15H2,1H3,(H,22,24). The summed E-state index contributed by atoms with van der Waals surface area (Å²) < 4.78 is 0. The van der Waals surface area contributed by atoms with Crippen LogP contribution in [0.4, 0.5) is 0 Å². The number of nitrogens with zero attached hydrogens (tertiary/aromatic N) is 1. The molecule has 2 bridgehead atoms. The maximum Gasteiger partial charge on any atom is 0.274 e. The van der Waals surface area contributed by atoms with E-state index in [4.69, 9.17) is 5.21 Å². The lowest BCUT2D eigenvalue weighted by Crippen LogP contribution is -2.27. The Hall–Kier alpha value is -1.39. The molecule has 1 aromatic carbocycles. The van der Waals surface area contributed by atoms with Gasteiger partial charge in [0.2, 0.25) is 0 Å². The van der Waals surface area contributed by atoms with E-state index >= 15 is 0 Å². The van der Waals surface area contributed by atoms with Crippen molar-refractivity contribution in [3.63, 3.8) is 0 Å². The molecule has 2 aliphatic carbocycles. The summed E-state index contributed by atoms with van der Waals surface area (Å²) in [6.07, 6.45) is 11.6. The van der Waals surface area contributed by atoms with Gasteiger partial charge in [-0.3, -0.25) is 10.0 Å². The third-order valence-electron chi connectivity index (χ3n) is 6.15. The van der Waals surface area contributed by atoms with Crippen molar-refractivity contribution in [1.82, 2.24) is 10.4 Å². The van der Waals surface area contributed by atoms with E-state index in [1.807, 2.05) is 12.1 Å². The first-order valence-corrected chi connectivity index (χ1v) is 9.86. The molecule has 0 heterocycles. The number of amides is 1. The molecule has 1 amide bonds. The van der Waals surface area contributed by atoms with Gasteiger partial charge in [0.1, 0.15) is 0 Å². The van der Waals surface area contributed by atoms with Crippen LogP contribution in [0.25, 0.3) is 0 Å². The molecule has 0 saturated heterocycles. The van der Waals surface area contributed by atoms with Gasteiger partial charge in [-0.15, -0.1) is 0 Å². The lowest BCUT2D eigenvalue weighted by molar-refractivity contribution is 0.0706. The summed E-state index contributed by atoms with van der Waals surface area (Å²) in [6.45, 7) is 2.03. The van der Waals surface area contributed by atoms with Crippen molar-refractivity contribution in [3.05, 3.63) is 35.4 Å². The highest BCUT2D eigenvalue weighted by molar-refractivity contribution is 5.93. The number of hydrogen-bond acceptors (Lipinski definition) is 3. The monoisotopic (exact) mass is 344 g/mol. The van der Waals surface area contributed by atoms with Crippen molar-refractivity contribution in [2.75, 3.05) is 13.6 Å². The smallest absolute Gasteiger partial charge is 0.274 e. The van der Waals surface area contributed by atoms with Crippen molar-refractivity contribution in [2.24, 2.45) is 17.8 Å². The molecule has 138 valence electrons. The second-order valence-corrected chi connectivity index (χ2v) is 8.25. The first-order valence-electron chi connectivity index (χ1n) is 9.86. The van der Waals surface area contributed by atoms with Gasteiger partial charge >= 0.3 is 0 Å². The van der Waals surface area contributed by atoms with E-state index in [2.05, 4.69) is 11.9 Å². The van der Waals surface area contributed by atoms with Crippen LogP contribution in [0.3, 0.4) is 0 Å². The molecule has 0 aliphatic heterocycles. The molecule has 2 aliphatic rings. The summed E-state index contributed by atoms with van der Waals surface area (Å²) in [7, 11) is 2.17. The maximum absolute atomic E-state index is 11.3. The molecule has 3 rings (SSSR count). The minimum absolute atomic E-state index is 0.461. The number of carbonyl (C=O) groups is 1. The summed E-state index contributed by atoms with van der Waals surface area (Å²) in [5, 5.41) is 8.65. The summed E-state index contributed by atoms with van der Waals surface area (Å²) in [6, 6.07) is 7.44. The van der Waals surface area contributed by atoms with Gasteiger partial charge in [-0.05, 0) is 81.1 Å². The highest BCUT2D eigenvalue weighted by Crippen LogP contribution is 2.43. The van der Waals surface area contributed by atoms with E-state index in [0.29, 0.717) is 5.56 Å². The van der Waals surface area contributed by atoms with E-state index < -0.39 is 5.91 Å². The number of nitrogens with one attached hydrogen (secondary N) is 1. The predicted octanol–water partition coefficient (Wildman–Crippen LogP) is 4.23. The van der Waals surface area contributed by atoms with Crippen LogP contribution in [0.15, 0.2) is 24.3 Å². The van der Waals surface area contributed by atoms with Crippen molar-refractivity contribution in [2.45, 2.75) is 57.9 Å². The molecule has 4 heteroatoms. The fourth-order valence-electron chi connectivity index (χ4n) is 4.97. The average molecular weight is 344 g/mol. The number of rotatable bonds is 7. The fourth-order valence-corrected chi connectivity index (χ4v) is 4.97. The van der Waals surface area contributed by atoms with Crippen molar-refractivity contribution in [1.29, 1.82) is 0 Å². The molecular weight excluding hydrogens is 312 g/mol. The van der Waals surface area contributed by atoms with Crippen LogP contribution < -0.4 is 5.48 Å². The number of hydrogen-bond donors (Lipinski definition) is 2. The molecule has 2 atom stereocenters. The topological polar surface area (TPSA) is 52.6 Å². The van der Waals surface area contributed by atoms with E-state index in [9.17, 15) is 4.79 Å². The second kappa shape index (κ2) is 8.81. The lowest BCUT2D eigenvalue weighted by atomic mass is 9.67. The number of carbonyl (C=O) groups excluding carboxylic acids is 1. The van der Waals surface area contributed by atoms with Crippen LogP contribution in [0.2, 0.25) is 0 Å². The van der Waals surface area contributed by atoms with Gasteiger partial charge in [0, 0.05) is 12.1 Å². The summed E-state index contributed by atoms with van der Waals surface area (Å²) in [4.78, 5) is 13.7. The van der Waals surface area contributed by atoms with E-state index in [1.165, 1.54) is 56.9 Å². The van der Waals surface area contributed by atoms with Gasteiger partial charge in [0.05, 0.1) is 0 Å². The van der Waals surface area contributed by atoms with Gasteiger partial charge in [0.25, 0.3) is 5.91 Å². The molecular formula is C21H32N2O2. The Balaban J connectivity index is 1.38. The van der Waals surface area contributed by atoms with Crippen LogP contribution in [-0.4, -0.2) is 29.6 Å². The molecule has 4 nitrogen and oxygen atoms in total. The molecule has 2 unspecified atom stereocenters. The van der Waals surface area contributed by atoms with Crippen LogP contribution >= 0.6 is 0 Å². The van der Waals surface area contributed by atoms with Crippen molar-refractivity contribution < 1.29 is 10.0 Å². The summed E-state index contributed by atoms with van der Waals surface area (Å²) in [5.74, 6) is 2.57. The third-order valence-corrected chi connectivity index (χ3v) is 6.15. The van der Waals surface area contributed by atoms with Crippen molar-refractivity contribution in [3.8, 4) is 0 Å². The van der Waals surface area contributed by atoms with Crippen LogP contribution in [-0.2, 0) is 6.54 Å². The Morgan fingerprint density at radius 1 is 1.16 bits per heavy atom. The lowest BCUT2D eigenvalue weighted by Gasteiger charge is -2.39. The highest BCUT2D eigenvalue weighted by Gasteiger charge is 2.31. The number of benzene rings is 1. The van der Waals surface area contributed by atoms with Crippen LogP contribution in [0, 0.1) is 17.8 Å². The number of hydroxylamine groups is 1. The minimum Gasteiger partial charge on any atom is -0.302 e. The quantitative estimate of drug-likeness (QED) is 0.575. The molecule has 25 heavy (non-hydrogen) atoms. The van der Waals surface area contributed by atoms with Gasteiger partial charge in [-0.2, -0.15) is 0 Å². The van der Waals surface area contributed by atoms with E-state index in [-0.39, 0.29) is 0 Å². The van der Waals surface area contributed by atoms with Crippen molar-refractivity contribution >= 4 is 5.91 Å². The van der Waals surface area contributed by atoms with E-state index in [1.54, 1.807) is 17.6 Å². The molecule has 0 aromatic heterocycles. The Labute approximate surface area is 151 Å². The van der Waals surface area contributed by atoms with Gasteiger partial charge in [0.15, 0.2) is 0 Å². The minimum atomic E-state index is -0.461. The Bertz CT molecular complexity index is 546. The Morgan fingerprint density at radius 2 is 1.84 bits per heavy atom. The zero-order valence-electron chi connectivity index (χ0n) is 15.4. The molecule has 2 N–H and O–H groups in total. The Kier molecular flexibility index (Phi) is 6.49. The molecule has 0 radical (unpaired) electrons.